The second-order valence-corrected chi connectivity index (χ2v) is 5.95. The van der Waals surface area contributed by atoms with Crippen LogP contribution in [0.2, 0.25) is 0 Å². The minimum absolute atomic E-state index is 0.706. The number of nitrogens with one attached hydrogen (secondary N) is 1. The van der Waals surface area contributed by atoms with Gasteiger partial charge in [-0.3, -0.25) is 0 Å². The van der Waals surface area contributed by atoms with Crippen molar-refractivity contribution >= 4 is 34.6 Å². The van der Waals surface area contributed by atoms with Crippen molar-refractivity contribution in [1.29, 1.82) is 0 Å². The summed E-state index contributed by atoms with van der Waals surface area (Å²) in [6, 6.07) is 1.97. The second kappa shape index (κ2) is 5.99. The first kappa shape index (κ1) is 14.2. The molecule has 3 aromatic rings. The van der Waals surface area contributed by atoms with Crippen molar-refractivity contribution in [2.75, 3.05) is 42.2 Å². The maximum absolute atomic E-state index is 4.57. The summed E-state index contributed by atoms with van der Waals surface area (Å²) >= 11 is 1.56. The molecule has 23 heavy (non-hydrogen) atoms. The number of imidazole rings is 1. The van der Waals surface area contributed by atoms with E-state index in [0.717, 1.165) is 48.5 Å². The van der Waals surface area contributed by atoms with Crippen molar-refractivity contribution in [3.8, 4) is 0 Å². The van der Waals surface area contributed by atoms with Crippen LogP contribution >= 0.6 is 11.8 Å². The highest BCUT2D eigenvalue weighted by Gasteiger charge is 2.21. The third-order valence-corrected chi connectivity index (χ3v) is 4.47. The van der Waals surface area contributed by atoms with Crippen LogP contribution in [0.4, 0.5) is 11.6 Å². The van der Waals surface area contributed by atoms with Crippen LogP contribution in [0.5, 0.6) is 0 Å². The highest BCUT2D eigenvalue weighted by atomic mass is 32.2. The van der Waals surface area contributed by atoms with Crippen molar-refractivity contribution in [3.63, 3.8) is 0 Å². The molecule has 1 fully saturated rings. The van der Waals surface area contributed by atoms with Gasteiger partial charge in [0.2, 0.25) is 0 Å². The number of nitrogens with zero attached hydrogens (tertiary/aromatic N) is 7. The fraction of sp³-hybridized carbons (Fsp3) is 0.357. The van der Waals surface area contributed by atoms with Gasteiger partial charge in [-0.1, -0.05) is 11.8 Å². The lowest BCUT2D eigenvalue weighted by atomic mass is 10.3. The molecule has 3 aromatic heterocycles. The zero-order valence-electron chi connectivity index (χ0n) is 12.7. The van der Waals surface area contributed by atoms with Gasteiger partial charge in [-0.15, -0.1) is 0 Å². The molecule has 0 radical (unpaired) electrons. The van der Waals surface area contributed by atoms with Crippen LogP contribution in [-0.4, -0.2) is 62.3 Å². The van der Waals surface area contributed by atoms with E-state index in [1.165, 1.54) is 0 Å². The first-order valence-electron chi connectivity index (χ1n) is 7.36. The van der Waals surface area contributed by atoms with Gasteiger partial charge in [0, 0.05) is 32.4 Å². The Morgan fingerprint density at radius 1 is 1.04 bits per heavy atom. The van der Waals surface area contributed by atoms with Gasteiger partial charge in [-0.05, 0) is 12.3 Å². The Balaban J connectivity index is 1.51. The predicted octanol–water partition coefficient (Wildman–Crippen LogP) is 1.19. The summed E-state index contributed by atoms with van der Waals surface area (Å²) in [7, 11) is 0. The number of fused-ring (bicyclic) bond motifs is 1. The molecule has 9 heteroatoms. The average Bonchev–Trinajstić information content (AvgIpc) is 3.11. The fourth-order valence-electron chi connectivity index (χ4n) is 2.75. The molecular formula is C14H16N8S. The van der Waals surface area contributed by atoms with Crippen molar-refractivity contribution < 1.29 is 0 Å². The van der Waals surface area contributed by atoms with Crippen LogP contribution in [0.15, 0.2) is 30.1 Å². The fourth-order valence-corrected chi connectivity index (χ4v) is 3.10. The molecular weight excluding hydrogens is 312 g/mol. The summed E-state index contributed by atoms with van der Waals surface area (Å²) in [6.07, 6.45) is 7.03. The Morgan fingerprint density at radius 3 is 2.70 bits per heavy atom. The van der Waals surface area contributed by atoms with Crippen LogP contribution in [0.3, 0.4) is 0 Å². The molecule has 4 rings (SSSR count). The molecule has 8 nitrogen and oxygen atoms in total. The van der Waals surface area contributed by atoms with E-state index in [1.807, 2.05) is 18.5 Å². The minimum atomic E-state index is 0.706. The zero-order valence-corrected chi connectivity index (χ0v) is 13.5. The molecule has 1 N–H and O–H groups in total. The lowest BCUT2D eigenvalue weighted by Gasteiger charge is -2.36. The van der Waals surface area contributed by atoms with Crippen molar-refractivity contribution in [3.05, 3.63) is 24.9 Å². The van der Waals surface area contributed by atoms with E-state index in [9.17, 15) is 0 Å². The van der Waals surface area contributed by atoms with Gasteiger partial charge >= 0.3 is 0 Å². The SMILES string of the molecule is CSc1nccc(N2CCN(c3ncnc4nc[nH]c34)CC2)n1. The van der Waals surface area contributed by atoms with Gasteiger partial charge in [-0.2, -0.15) is 0 Å². The van der Waals surface area contributed by atoms with E-state index >= 15 is 0 Å². The number of aromatic amines is 1. The monoisotopic (exact) mass is 328 g/mol. The number of aromatic nitrogens is 6. The topological polar surface area (TPSA) is 86.7 Å². The number of hydrogen-bond acceptors (Lipinski definition) is 8. The number of thioether (sulfide) groups is 1. The Hall–Kier alpha value is -2.42. The maximum atomic E-state index is 4.57. The largest absolute Gasteiger partial charge is 0.353 e. The van der Waals surface area contributed by atoms with E-state index in [-0.39, 0.29) is 0 Å². The summed E-state index contributed by atoms with van der Waals surface area (Å²) in [5.74, 6) is 1.90. The van der Waals surface area contributed by atoms with E-state index < -0.39 is 0 Å². The molecule has 0 bridgehead atoms. The lowest BCUT2D eigenvalue weighted by Crippen LogP contribution is -2.47. The zero-order chi connectivity index (χ0) is 15.6. The molecule has 118 valence electrons. The second-order valence-electron chi connectivity index (χ2n) is 5.17. The van der Waals surface area contributed by atoms with E-state index in [0.29, 0.717) is 5.65 Å². The molecule has 0 spiro atoms. The smallest absolute Gasteiger partial charge is 0.189 e. The summed E-state index contributed by atoms with van der Waals surface area (Å²) in [6.45, 7) is 3.54. The van der Waals surface area contributed by atoms with Gasteiger partial charge in [0.15, 0.2) is 16.6 Å². The highest BCUT2D eigenvalue weighted by Crippen LogP contribution is 2.22. The molecule has 0 atom stereocenters. The van der Waals surface area contributed by atoms with Crippen LogP contribution in [0.25, 0.3) is 11.2 Å². The Kier molecular flexibility index (Phi) is 3.70. The van der Waals surface area contributed by atoms with Crippen LogP contribution < -0.4 is 9.80 Å². The highest BCUT2D eigenvalue weighted by molar-refractivity contribution is 7.98. The van der Waals surface area contributed by atoms with Crippen molar-refractivity contribution in [2.24, 2.45) is 0 Å². The number of H-pyrrole nitrogens is 1. The standard InChI is InChI=1S/C14H16N8S/c1-23-14-15-3-2-10(20-14)21-4-6-22(7-5-21)13-11-12(17-8-16-11)18-9-19-13/h2-3,8-9H,4-7H2,1H3,(H,16,17,18,19). The quantitative estimate of drug-likeness (QED) is 0.567. The lowest BCUT2D eigenvalue weighted by molar-refractivity contribution is 0.639. The number of anilines is 2. The van der Waals surface area contributed by atoms with Gasteiger partial charge in [0.1, 0.15) is 17.7 Å². The Labute approximate surface area is 137 Å². The van der Waals surface area contributed by atoms with Gasteiger partial charge in [0.05, 0.1) is 6.33 Å². The summed E-state index contributed by atoms with van der Waals surface area (Å²) in [4.78, 5) is 29.3. The Bertz CT molecular complexity index is 811. The summed E-state index contributed by atoms with van der Waals surface area (Å²) in [5.41, 5.74) is 1.60. The van der Waals surface area contributed by atoms with Crippen molar-refractivity contribution in [2.45, 2.75) is 5.16 Å². The molecule has 1 aliphatic rings. The average molecular weight is 328 g/mol. The van der Waals surface area contributed by atoms with E-state index in [4.69, 9.17) is 0 Å². The molecule has 0 amide bonds. The summed E-state index contributed by atoms with van der Waals surface area (Å²) < 4.78 is 0. The molecule has 1 saturated heterocycles. The minimum Gasteiger partial charge on any atom is -0.353 e. The molecule has 0 aromatic carbocycles. The normalized spacial score (nSPS) is 15.3. The molecule has 0 aliphatic carbocycles. The third-order valence-electron chi connectivity index (χ3n) is 3.91. The van der Waals surface area contributed by atoms with E-state index in [2.05, 4.69) is 39.7 Å². The Morgan fingerprint density at radius 2 is 1.87 bits per heavy atom. The van der Waals surface area contributed by atoms with Crippen LogP contribution in [0, 0.1) is 0 Å². The number of hydrogen-bond donors (Lipinski definition) is 1. The van der Waals surface area contributed by atoms with Gasteiger partial charge in [-0.25, -0.2) is 24.9 Å². The first-order chi connectivity index (χ1) is 11.3. The van der Waals surface area contributed by atoms with E-state index in [1.54, 1.807) is 24.4 Å². The predicted molar refractivity (Wildman–Crippen MR) is 89.9 cm³/mol. The maximum Gasteiger partial charge on any atom is 0.189 e. The van der Waals surface area contributed by atoms with Crippen LogP contribution in [-0.2, 0) is 0 Å². The first-order valence-corrected chi connectivity index (χ1v) is 8.58. The number of piperazine rings is 1. The van der Waals surface area contributed by atoms with Gasteiger partial charge < -0.3 is 14.8 Å². The molecule has 4 heterocycles. The third kappa shape index (κ3) is 2.67. The summed E-state index contributed by atoms with van der Waals surface area (Å²) in [5, 5.41) is 0.805. The van der Waals surface area contributed by atoms with Crippen molar-refractivity contribution in [1.82, 2.24) is 29.9 Å². The number of rotatable bonds is 3. The molecule has 0 unspecified atom stereocenters. The molecule has 0 saturated carbocycles. The van der Waals surface area contributed by atoms with Gasteiger partial charge in [0.25, 0.3) is 0 Å². The van der Waals surface area contributed by atoms with Crippen LogP contribution in [0.1, 0.15) is 0 Å². The molecule has 1 aliphatic heterocycles.